The van der Waals surface area contributed by atoms with Gasteiger partial charge in [0.05, 0.1) is 23.2 Å². The van der Waals surface area contributed by atoms with Crippen LogP contribution in [-0.4, -0.2) is 51.7 Å². The fourth-order valence-electron chi connectivity index (χ4n) is 4.36. The van der Waals surface area contributed by atoms with Crippen LogP contribution in [0.5, 0.6) is 0 Å². The number of carbonyl (C=O) groups excluding carboxylic acids is 1. The number of nitrogens with zero attached hydrogens (tertiary/aromatic N) is 2. The van der Waals surface area contributed by atoms with Crippen LogP contribution in [0.2, 0.25) is 0 Å². The standard InChI is InChI=1S/C28H32N4O3S/c1-4-31(5-2)19-20-32(36(3,34)35)23-17-15-22(16-18-23)29-27(21-11-7-6-8-12-21)26-24-13-9-10-14-25(24)30-28(26)33/h6-18,29H,4-5,19-20H2,1-3H3,(H,30,33)/b27-26-. The molecule has 0 atom stereocenters. The van der Waals surface area contributed by atoms with Crippen molar-refractivity contribution in [2.45, 2.75) is 13.8 Å². The highest BCUT2D eigenvalue weighted by atomic mass is 32.2. The average Bonchev–Trinajstić information content (AvgIpc) is 3.21. The molecule has 8 heteroatoms. The number of sulfonamides is 1. The molecule has 0 saturated heterocycles. The molecule has 1 heterocycles. The Morgan fingerprint density at radius 2 is 1.50 bits per heavy atom. The average molecular weight is 505 g/mol. The van der Waals surface area contributed by atoms with E-state index >= 15 is 0 Å². The zero-order chi connectivity index (χ0) is 25.7. The van der Waals surface area contributed by atoms with Gasteiger partial charge in [-0.2, -0.15) is 0 Å². The van der Waals surface area contributed by atoms with Crippen molar-refractivity contribution in [3.63, 3.8) is 0 Å². The van der Waals surface area contributed by atoms with Crippen molar-refractivity contribution in [1.82, 2.24) is 4.90 Å². The molecule has 0 radical (unpaired) electrons. The second-order valence-electron chi connectivity index (χ2n) is 8.65. The first kappa shape index (κ1) is 25.5. The maximum absolute atomic E-state index is 13.0. The summed E-state index contributed by atoms with van der Waals surface area (Å²) in [6, 6.07) is 24.6. The first-order valence-corrected chi connectivity index (χ1v) is 13.9. The molecule has 188 valence electrons. The van der Waals surface area contributed by atoms with Crippen LogP contribution in [0, 0.1) is 0 Å². The second kappa shape index (κ2) is 11.0. The van der Waals surface area contributed by atoms with Crippen LogP contribution >= 0.6 is 0 Å². The Morgan fingerprint density at radius 3 is 2.14 bits per heavy atom. The van der Waals surface area contributed by atoms with Gasteiger partial charge in [-0.1, -0.05) is 62.4 Å². The molecule has 7 nitrogen and oxygen atoms in total. The number of rotatable bonds is 10. The number of fused-ring (bicyclic) bond motifs is 1. The third kappa shape index (κ3) is 5.61. The van der Waals surface area contributed by atoms with Crippen LogP contribution in [0.4, 0.5) is 17.1 Å². The largest absolute Gasteiger partial charge is 0.354 e. The van der Waals surface area contributed by atoms with Crippen LogP contribution < -0.4 is 14.9 Å². The number of carbonyl (C=O) groups is 1. The lowest BCUT2D eigenvalue weighted by Gasteiger charge is -2.26. The summed E-state index contributed by atoms with van der Waals surface area (Å²) in [5.74, 6) is -0.168. The summed E-state index contributed by atoms with van der Waals surface area (Å²) in [6.07, 6.45) is 1.23. The van der Waals surface area contributed by atoms with Crippen LogP contribution in [0.1, 0.15) is 25.0 Å². The lowest BCUT2D eigenvalue weighted by atomic mass is 10.00. The van der Waals surface area contributed by atoms with Crippen molar-refractivity contribution in [1.29, 1.82) is 0 Å². The van der Waals surface area contributed by atoms with Crippen LogP contribution in [0.25, 0.3) is 11.3 Å². The Hall–Kier alpha value is -3.62. The predicted molar refractivity (Wildman–Crippen MR) is 148 cm³/mol. The SMILES string of the molecule is CCN(CC)CCN(c1ccc(N/C(=C2\C(=O)Nc3ccccc32)c2ccccc2)cc1)S(C)(=O)=O. The molecule has 36 heavy (non-hydrogen) atoms. The van der Waals surface area contributed by atoms with E-state index in [1.807, 2.05) is 66.7 Å². The van der Waals surface area contributed by atoms with E-state index in [9.17, 15) is 13.2 Å². The van der Waals surface area contributed by atoms with Gasteiger partial charge in [0.2, 0.25) is 10.0 Å². The summed E-state index contributed by atoms with van der Waals surface area (Å²) in [4.78, 5) is 15.2. The summed E-state index contributed by atoms with van der Waals surface area (Å²) >= 11 is 0. The minimum absolute atomic E-state index is 0.168. The van der Waals surface area contributed by atoms with Gasteiger partial charge in [0.15, 0.2) is 0 Å². The minimum atomic E-state index is -3.44. The quantitative estimate of drug-likeness (QED) is 0.390. The molecule has 1 amide bonds. The van der Waals surface area contributed by atoms with Crippen molar-refractivity contribution in [2.24, 2.45) is 0 Å². The Labute approximate surface area is 213 Å². The number of nitrogens with one attached hydrogen (secondary N) is 2. The van der Waals surface area contributed by atoms with Crippen molar-refractivity contribution >= 4 is 44.3 Å². The lowest BCUT2D eigenvalue weighted by molar-refractivity contribution is -0.110. The summed E-state index contributed by atoms with van der Waals surface area (Å²) < 4.78 is 26.5. The Balaban J connectivity index is 1.67. The van der Waals surface area contributed by atoms with E-state index in [-0.39, 0.29) is 5.91 Å². The van der Waals surface area contributed by atoms with E-state index in [0.29, 0.717) is 30.0 Å². The fraction of sp³-hybridized carbons (Fsp3) is 0.250. The normalized spacial score (nSPS) is 14.4. The third-order valence-corrected chi connectivity index (χ3v) is 7.52. The number of benzene rings is 3. The zero-order valence-electron chi connectivity index (χ0n) is 20.9. The molecule has 0 aliphatic carbocycles. The number of para-hydroxylation sites is 1. The molecule has 0 bridgehead atoms. The first-order valence-electron chi connectivity index (χ1n) is 12.1. The van der Waals surface area contributed by atoms with Crippen LogP contribution in [0.15, 0.2) is 78.9 Å². The van der Waals surface area contributed by atoms with Gasteiger partial charge in [0.1, 0.15) is 0 Å². The van der Waals surface area contributed by atoms with E-state index in [1.54, 1.807) is 12.1 Å². The fourth-order valence-corrected chi connectivity index (χ4v) is 5.28. The molecule has 0 aromatic heterocycles. The van der Waals surface area contributed by atoms with Crippen molar-refractivity contribution in [2.75, 3.05) is 47.4 Å². The maximum Gasteiger partial charge on any atom is 0.258 e. The summed E-state index contributed by atoms with van der Waals surface area (Å²) in [7, 11) is -3.44. The number of anilines is 3. The number of hydrogen-bond acceptors (Lipinski definition) is 5. The van der Waals surface area contributed by atoms with E-state index in [2.05, 4.69) is 29.4 Å². The lowest BCUT2D eigenvalue weighted by Crippen LogP contribution is -2.38. The third-order valence-electron chi connectivity index (χ3n) is 6.32. The molecule has 0 fully saturated rings. The number of likely N-dealkylation sites (N-methyl/N-ethyl adjacent to an activating group) is 1. The first-order chi connectivity index (χ1) is 17.3. The van der Waals surface area contributed by atoms with Crippen molar-refractivity contribution < 1.29 is 13.2 Å². The highest BCUT2D eigenvalue weighted by molar-refractivity contribution is 7.92. The number of amides is 1. The van der Waals surface area contributed by atoms with Gasteiger partial charge < -0.3 is 15.5 Å². The van der Waals surface area contributed by atoms with Crippen LogP contribution in [0.3, 0.4) is 0 Å². The molecule has 1 aliphatic heterocycles. The van der Waals surface area contributed by atoms with E-state index in [1.165, 1.54) is 10.6 Å². The summed E-state index contributed by atoms with van der Waals surface area (Å²) in [5, 5.41) is 6.37. The zero-order valence-corrected chi connectivity index (χ0v) is 21.7. The van der Waals surface area contributed by atoms with E-state index < -0.39 is 10.0 Å². The highest BCUT2D eigenvalue weighted by Crippen LogP contribution is 2.37. The van der Waals surface area contributed by atoms with Gasteiger partial charge >= 0.3 is 0 Å². The smallest absolute Gasteiger partial charge is 0.258 e. The topological polar surface area (TPSA) is 81.8 Å². The van der Waals surface area contributed by atoms with Gasteiger partial charge in [0.25, 0.3) is 5.91 Å². The van der Waals surface area contributed by atoms with E-state index in [4.69, 9.17) is 0 Å². The van der Waals surface area contributed by atoms with Gasteiger partial charge in [0, 0.05) is 30.0 Å². The molecular weight excluding hydrogens is 472 g/mol. The predicted octanol–water partition coefficient (Wildman–Crippen LogP) is 4.73. The Morgan fingerprint density at radius 1 is 0.861 bits per heavy atom. The molecular formula is C28H32N4O3S. The van der Waals surface area contributed by atoms with E-state index in [0.717, 1.165) is 35.6 Å². The molecule has 0 saturated carbocycles. The molecule has 3 aromatic carbocycles. The summed E-state index contributed by atoms with van der Waals surface area (Å²) in [5.41, 5.74) is 5.10. The Kier molecular flexibility index (Phi) is 7.76. The number of hydrogen-bond donors (Lipinski definition) is 2. The van der Waals surface area contributed by atoms with Gasteiger partial charge in [-0.25, -0.2) is 8.42 Å². The second-order valence-corrected chi connectivity index (χ2v) is 10.6. The molecule has 1 aliphatic rings. The minimum Gasteiger partial charge on any atom is -0.354 e. The molecule has 0 spiro atoms. The van der Waals surface area contributed by atoms with Gasteiger partial charge in [-0.3, -0.25) is 9.10 Å². The Bertz CT molecular complexity index is 1350. The monoisotopic (exact) mass is 504 g/mol. The van der Waals surface area contributed by atoms with Gasteiger partial charge in [-0.15, -0.1) is 0 Å². The van der Waals surface area contributed by atoms with Crippen LogP contribution in [-0.2, 0) is 14.8 Å². The van der Waals surface area contributed by atoms with Gasteiger partial charge in [-0.05, 0) is 49.0 Å². The molecule has 4 rings (SSSR count). The summed E-state index contributed by atoms with van der Waals surface area (Å²) in [6.45, 7) is 6.89. The van der Waals surface area contributed by atoms with Crippen molar-refractivity contribution in [3.05, 3.63) is 90.0 Å². The molecule has 3 aromatic rings. The maximum atomic E-state index is 13.0. The highest BCUT2D eigenvalue weighted by Gasteiger charge is 2.28. The molecule has 0 unspecified atom stereocenters. The molecule has 2 N–H and O–H groups in total. The van der Waals surface area contributed by atoms with Crippen molar-refractivity contribution in [3.8, 4) is 0 Å².